The molecule has 1 fully saturated rings. The molecule has 2 atom stereocenters. The van der Waals surface area contributed by atoms with Crippen molar-refractivity contribution in [3.63, 3.8) is 0 Å². The van der Waals surface area contributed by atoms with E-state index in [1.54, 1.807) is 0 Å². The van der Waals surface area contributed by atoms with Crippen molar-refractivity contribution in [3.8, 4) is 0 Å². The van der Waals surface area contributed by atoms with E-state index in [0.29, 0.717) is 25.9 Å². The molecule has 0 bridgehead atoms. The molecule has 0 spiro atoms. The Hall–Kier alpha value is -1.14. The molecular formula is C25H50N4O2. The van der Waals surface area contributed by atoms with E-state index in [4.69, 9.17) is 11.5 Å². The fourth-order valence-electron chi connectivity index (χ4n) is 4.44. The molecule has 1 aliphatic rings. The zero-order valence-corrected chi connectivity index (χ0v) is 20.2. The lowest BCUT2D eigenvalue weighted by Crippen LogP contribution is -2.51. The van der Waals surface area contributed by atoms with Gasteiger partial charge in [0.15, 0.2) is 0 Å². The number of hydrogen-bond donors (Lipinski definition) is 3. The van der Waals surface area contributed by atoms with E-state index in [1.165, 1.54) is 51.4 Å². The molecule has 0 aromatic carbocycles. The van der Waals surface area contributed by atoms with E-state index < -0.39 is 6.04 Å². The first-order valence-corrected chi connectivity index (χ1v) is 13.1. The molecular weight excluding hydrogens is 388 g/mol. The van der Waals surface area contributed by atoms with Gasteiger partial charge < -0.3 is 21.7 Å². The molecule has 6 heteroatoms. The minimum atomic E-state index is -0.481. The Morgan fingerprint density at radius 3 is 2.23 bits per heavy atom. The van der Waals surface area contributed by atoms with Gasteiger partial charge in [-0.25, -0.2) is 0 Å². The molecule has 1 heterocycles. The van der Waals surface area contributed by atoms with Crippen molar-refractivity contribution < 1.29 is 9.59 Å². The average molecular weight is 439 g/mol. The zero-order chi connectivity index (χ0) is 22.7. The Bertz CT molecular complexity index is 472. The second kappa shape index (κ2) is 18.4. The quantitative estimate of drug-likeness (QED) is 0.278. The van der Waals surface area contributed by atoms with E-state index in [0.717, 1.165) is 51.5 Å². The van der Waals surface area contributed by atoms with Crippen LogP contribution in [0.2, 0.25) is 0 Å². The molecule has 2 amide bonds. The Morgan fingerprint density at radius 2 is 1.58 bits per heavy atom. The molecule has 1 saturated heterocycles. The van der Waals surface area contributed by atoms with Crippen LogP contribution in [0.4, 0.5) is 0 Å². The van der Waals surface area contributed by atoms with Crippen LogP contribution in [-0.2, 0) is 9.59 Å². The smallest absolute Gasteiger partial charge is 0.236 e. The summed E-state index contributed by atoms with van der Waals surface area (Å²) < 4.78 is 0. The van der Waals surface area contributed by atoms with Gasteiger partial charge in [0.25, 0.3) is 0 Å². The third kappa shape index (κ3) is 13.1. The van der Waals surface area contributed by atoms with Crippen LogP contribution >= 0.6 is 0 Å². The van der Waals surface area contributed by atoms with Gasteiger partial charge in [0.1, 0.15) is 0 Å². The summed E-state index contributed by atoms with van der Waals surface area (Å²) in [4.78, 5) is 27.0. The summed E-state index contributed by atoms with van der Waals surface area (Å²) in [6.07, 6.45) is 19.0. The number of nitrogens with two attached hydrogens (primary N) is 2. The minimum Gasteiger partial charge on any atom is -0.353 e. The maximum atomic E-state index is 12.8. The van der Waals surface area contributed by atoms with Crippen molar-refractivity contribution in [3.05, 3.63) is 0 Å². The normalized spacial score (nSPS) is 17.5. The molecule has 31 heavy (non-hydrogen) atoms. The highest BCUT2D eigenvalue weighted by molar-refractivity contribution is 5.81. The number of piperidine rings is 1. The SMILES string of the molecule is CCCCCCCCCCCCC(=O)N1CCCC[C@H]1CNC(=O)C(N)CCCCN. The van der Waals surface area contributed by atoms with Gasteiger partial charge >= 0.3 is 0 Å². The number of likely N-dealkylation sites (tertiary alicyclic amines) is 1. The van der Waals surface area contributed by atoms with Crippen molar-refractivity contribution in [2.45, 2.75) is 128 Å². The van der Waals surface area contributed by atoms with E-state index >= 15 is 0 Å². The van der Waals surface area contributed by atoms with Crippen molar-refractivity contribution in [2.24, 2.45) is 11.5 Å². The monoisotopic (exact) mass is 438 g/mol. The molecule has 0 radical (unpaired) electrons. The Morgan fingerprint density at radius 1 is 0.935 bits per heavy atom. The molecule has 0 aromatic heterocycles. The summed E-state index contributed by atoms with van der Waals surface area (Å²) in [5, 5.41) is 2.98. The number of nitrogens with one attached hydrogen (secondary N) is 1. The van der Waals surface area contributed by atoms with Crippen LogP contribution in [0.3, 0.4) is 0 Å². The Labute approximate surface area is 191 Å². The van der Waals surface area contributed by atoms with Crippen LogP contribution < -0.4 is 16.8 Å². The highest BCUT2D eigenvalue weighted by Crippen LogP contribution is 2.19. The number of rotatable bonds is 18. The second-order valence-electron chi connectivity index (χ2n) is 9.30. The Balaban J connectivity index is 2.20. The topological polar surface area (TPSA) is 101 Å². The highest BCUT2D eigenvalue weighted by atomic mass is 16.2. The number of unbranched alkanes of at least 4 members (excludes halogenated alkanes) is 10. The van der Waals surface area contributed by atoms with Gasteiger partial charge in [0.2, 0.25) is 11.8 Å². The fourth-order valence-corrected chi connectivity index (χ4v) is 4.44. The third-order valence-electron chi connectivity index (χ3n) is 6.51. The third-order valence-corrected chi connectivity index (χ3v) is 6.51. The average Bonchev–Trinajstić information content (AvgIpc) is 2.78. The van der Waals surface area contributed by atoms with E-state index in [9.17, 15) is 9.59 Å². The van der Waals surface area contributed by atoms with Gasteiger partial charge in [-0.05, 0) is 45.1 Å². The lowest BCUT2D eigenvalue weighted by molar-refractivity contribution is -0.135. The van der Waals surface area contributed by atoms with Gasteiger partial charge in [-0.3, -0.25) is 9.59 Å². The summed E-state index contributed by atoms with van der Waals surface area (Å²) >= 11 is 0. The second-order valence-corrected chi connectivity index (χ2v) is 9.30. The lowest BCUT2D eigenvalue weighted by atomic mass is 10.0. The largest absolute Gasteiger partial charge is 0.353 e. The first-order chi connectivity index (χ1) is 15.1. The molecule has 0 aromatic rings. The summed E-state index contributed by atoms with van der Waals surface area (Å²) in [5.41, 5.74) is 11.5. The van der Waals surface area contributed by atoms with Crippen molar-refractivity contribution in [1.82, 2.24) is 10.2 Å². The number of carbonyl (C=O) groups excluding carboxylic acids is 2. The van der Waals surface area contributed by atoms with Crippen LogP contribution in [0.15, 0.2) is 0 Å². The summed E-state index contributed by atoms with van der Waals surface area (Å²) in [6.45, 7) is 4.23. The summed E-state index contributed by atoms with van der Waals surface area (Å²) in [6, 6.07) is -0.365. The molecule has 0 saturated carbocycles. The van der Waals surface area contributed by atoms with Gasteiger partial charge in [0.05, 0.1) is 6.04 Å². The predicted octanol–water partition coefficient (Wildman–Crippen LogP) is 4.25. The van der Waals surface area contributed by atoms with Crippen molar-refractivity contribution in [2.75, 3.05) is 19.6 Å². The van der Waals surface area contributed by atoms with Crippen LogP contribution in [-0.4, -0.2) is 48.4 Å². The maximum Gasteiger partial charge on any atom is 0.236 e. The molecule has 1 rings (SSSR count). The van der Waals surface area contributed by atoms with Crippen molar-refractivity contribution in [1.29, 1.82) is 0 Å². The summed E-state index contributed by atoms with van der Waals surface area (Å²) in [7, 11) is 0. The highest BCUT2D eigenvalue weighted by Gasteiger charge is 2.27. The van der Waals surface area contributed by atoms with E-state index in [-0.39, 0.29) is 17.9 Å². The number of carbonyl (C=O) groups is 2. The number of amides is 2. The molecule has 6 nitrogen and oxygen atoms in total. The van der Waals surface area contributed by atoms with Gasteiger partial charge in [-0.1, -0.05) is 71.1 Å². The van der Waals surface area contributed by atoms with Gasteiger partial charge in [0, 0.05) is 25.6 Å². The molecule has 0 aliphatic carbocycles. The number of nitrogens with zero attached hydrogens (tertiary/aromatic N) is 1. The van der Waals surface area contributed by atoms with Gasteiger partial charge in [-0.15, -0.1) is 0 Å². The predicted molar refractivity (Wildman–Crippen MR) is 130 cm³/mol. The standard InChI is InChI=1S/C25H50N4O2/c1-2-3-4-5-6-7-8-9-10-11-18-24(30)29-20-15-13-16-22(29)21-28-25(31)23(27)17-12-14-19-26/h22-23H,2-21,26-27H2,1H3,(H,28,31)/t22-,23?/m0/s1. The lowest BCUT2D eigenvalue weighted by Gasteiger charge is -2.36. The van der Waals surface area contributed by atoms with Gasteiger partial charge in [-0.2, -0.15) is 0 Å². The van der Waals surface area contributed by atoms with Crippen molar-refractivity contribution >= 4 is 11.8 Å². The molecule has 182 valence electrons. The number of hydrogen-bond acceptors (Lipinski definition) is 4. The van der Waals surface area contributed by atoms with E-state index in [2.05, 4.69) is 12.2 Å². The maximum absolute atomic E-state index is 12.8. The first kappa shape index (κ1) is 27.9. The van der Waals surface area contributed by atoms with Crippen LogP contribution in [0.1, 0.15) is 116 Å². The van der Waals surface area contributed by atoms with E-state index in [1.807, 2.05) is 4.90 Å². The van der Waals surface area contributed by atoms with Crippen LogP contribution in [0, 0.1) is 0 Å². The first-order valence-electron chi connectivity index (χ1n) is 13.1. The van der Waals surface area contributed by atoms with Crippen LogP contribution in [0.5, 0.6) is 0 Å². The Kier molecular flexibility index (Phi) is 16.6. The zero-order valence-electron chi connectivity index (χ0n) is 20.2. The van der Waals surface area contributed by atoms with Crippen LogP contribution in [0.25, 0.3) is 0 Å². The summed E-state index contributed by atoms with van der Waals surface area (Å²) in [5.74, 6) is 0.149. The minimum absolute atomic E-state index is 0.107. The fraction of sp³-hybridized carbons (Fsp3) is 0.920. The molecule has 1 aliphatic heterocycles. The molecule has 5 N–H and O–H groups in total. The molecule has 1 unspecified atom stereocenters.